The Morgan fingerprint density at radius 1 is 0.962 bits per heavy atom. The van der Waals surface area contributed by atoms with Gasteiger partial charge in [0.05, 0.1) is 5.21 Å². The van der Waals surface area contributed by atoms with Crippen molar-refractivity contribution in [2.24, 2.45) is 7.05 Å². The number of hydrogen-bond donors (Lipinski definition) is 0. The molecule has 1 atom stereocenters. The molecule has 0 radical (unpaired) electrons. The number of halogens is 5. The topological polar surface area (TPSA) is 21.7 Å². The maximum atomic E-state index is 9.75. The molecule has 0 aliphatic carbocycles. The van der Waals surface area contributed by atoms with E-state index >= 15 is 0 Å². The highest BCUT2D eigenvalue weighted by Gasteiger charge is 2.27. The van der Waals surface area contributed by atoms with Crippen molar-refractivity contribution >= 4 is 29.8 Å². The molecule has 26 heavy (non-hydrogen) atoms. The average molecular weight is 477 g/mol. The molecule has 1 aromatic heterocycles. The lowest BCUT2D eigenvalue weighted by Crippen LogP contribution is -2.33. The van der Waals surface area contributed by atoms with Crippen LogP contribution in [0.25, 0.3) is 11.3 Å². The summed E-state index contributed by atoms with van der Waals surface area (Å²) < 4.78 is 44.2. The first-order chi connectivity index (χ1) is 12.2. The first kappa shape index (κ1) is 20.4. The van der Waals surface area contributed by atoms with Crippen LogP contribution in [0.2, 0.25) is 0 Å². The smallest absolute Gasteiger partial charge is 0.418 e. The van der Waals surface area contributed by atoms with Gasteiger partial charge >= 0.3 is 7.25 Å². The van der Waals surface area contributed by atoms with Crippen molar-refractivity contribution in [3.05, 3.63) is 69.9 Å². The van der Waals surface area contributed by atoms with Crippen LogP contribution in [0.15, 0.2) is 60.7 Å². The van der Waals surface area contributed by atoms with Gasteiger partial charge in [-0.2, -0.15) is 0 Å². The van der Waals surface area contributed by atoms with Crippen molar-refractivity contribution in [2.75, 3.05) is 0 Å². The van der Waals surface area contributed by atoms with Crippen molar-refractivity contribution in [3.8, 4) is 11.3 Å². The predicted octanol–water partition coefficient (Wildman–Crippen LogP) is 4.89. The fourth-order valence-electron chi connectivity index (χ4n) is 2.49. The second-order valence-electron chi connectivity index (χ2n) is 5.54. The van der Waals surface area contributed by atoms with Crippen LogP contribution < -0.4 is 4.68 Å². The van der Waals surface area contributed by atoms with E-state index in [-0.39, 0.29) is 6.04 Å². The van der Waals surface area contributed by atoms with Crippen molar-refractivity contribution in [2.45, 2.75) is 13.0 Å². The molecule has 0 saturated carbocycles. The van der Waals surface area contributed by atoms with E-state index in [4.69, 9.17) is 0 Å². The van der Waals surface area contributed by atoms with Gasteiger partial charge < -0.3 is 17.3 Å². The van der Waals surface area contributed by atoms with Crippen molar-refractivity contribution in [1.82, 2.24) is 9.90 Å². The third-order valence-corrected chi connectivity index (χ3v) is 4.65. The largest absolute Gasteiger partial charge is 0.673 e. The Hall–Kier alpha value is -1.91. The molecule has 0 spiro atoms. The van der Waals surface area contributed by atoms with E-state index in [9.17, 15) is 17.3 Å². The zero-order valence-corrected chi connectivity index (χ0v) is 16.3. The first-order valence-electron chi connectivity index (χ1n) is 7.80. The van der Waals surface area contributed by atoms with Gasteiger partial charge in [-0.25, -0.2) is 0 Å². The van der Waals surface area contributed by atoms with E-state index in [1.54, 1.807) is 0 Å². The quantitative estimate of drug-likeness (QED) is 0.228. The molecule has 0 amide bonds. The summed E-state index contributed by atoms with van der Waals surface area (Å²) in [6.07, 6.45) is 0. The summed E-state index contributed by atoms with van der Waals surface area (Å²) in [6.45, 7) is 2.18. The van der Waals surface area contributed by atoms with Gasteiger partial charge in [0.15, 0.2) is 0 Å². The molecule has 0 aliphatic rings. The van der Waals surface area contributed by atoms with Crippen LogP contribution in [0, 0.1) is 3.70 Å². The minimum Gasteiger partial charge on any atom is -0.418 e. The van der Waals surface area contributed by atoms with E-state index in [1.165, 1.54) is 11.1 Å². The van der Waals surface area contributed by atoms with Crippen LogP contribution >= 0.6 is 22.6 Å². The first-order valence-corrected chi connectivity index (χ1v) is 8.88. The Bertz CT molecular complexity index is 832. The molecule has 0 fully saturated rings. The Balaban J connectivity index is 0.000000431. The Morgan fingerprint density at radius 3 is 1.92 bits per heavy atom. The van der Waals surface area contributed by atoms with E-state index in [2.05, 4.69) is 87.9 Å². The zero-order valence-electron chi connectivity index (χ0n) is 14.2. The molecule has 3 rings (SSSR count). The van der Waals surface area contributed by atoms with Gasteiger partial charge in [0.2, 0.25) is 9.39 Å². The van der Waals surface area contributed by atoms with Crippen molar-refractivity contribution in [1.29, 1.82) is 0 Å². The molecule has 0 saturated heterocycles. The Labute approximate surface area is 162 Å². The van der Waals surface area contributed by atoms with Gasteiger partial charge in [0, 0.05) is 28.2 Å². The number of rotatable bonds is 3. The molecule has 2 aromatic carbocycles. The van der Waals surface area contributed by atoms with Gasteiger partial charge in [-0.05, 0) is 12.5 Å². The van der Waals surface area contributed by atoms with E-state index in [1.807, 2.05) is 23.9 Å². The van der Waals surface area contributed by atoms with Gasteiger partial charge in [0.1, 0.15) is 13.1 Å². The maximum Gasteiger partial charge on any atom is 0.673 e. The maximum absolute atomic E-state index is 9.75. The molecule has 0 aliphatic heterocycles. The van der Waals surface area contributed by atoms with Crippen LogP contribution in [0.3, 0.4) is 0 Å². The van der Waals surface area contributed by atoms with E-state index < -0.39 is 7.25 Å². The summed E-state index contributed by atoms with van der Waals surface area (Å²) in [5.74, 6) is 0. The highest BCUT2D eigenvalue weighted by molar-refractivity contribution is 14.1. The summed E-state index contributed by atoms with van der Waals surface area (Å²) in [4.78, 5) is 0. The van der Waals surface area contributed by atoms with E-state index in [0.29, 0.717) is 0 Å². The Morgan fingerprint density at radius 2 is 1.42 bits per heavy atom. The Kier molecular flexibility index (Phi) is 6.79. The zero-order chi connectivity index (χ0) is 19.3. The minimum atomic E-state index is -6.00. The predicted molar refractivity (Wildman–Crippen MR) is 102 cm³/mol. The van der Waals surface area contributed by atoms with Gasteiger partial charge in [-0.3, -0.25) is 0 Å². The van der Waals surface area contributed by atoms with Crippen LogP contribution in [0.4, 0.5) is 17.3 Å². The summed E-state index contributed by atoms with van der Waals surface area (Å²) in [5, 5.41) is 4.69. The summed E-state index contributed by atoms with van der Waals surface area (Å²) in [7, 11) is -4.00. The second kappa shape index (κ2) is 8.65. The molecule has 0 N–H and O–H groups in total. The normalized spacial score (nSPS) is 12.3. The highest BCUT2D eigenvalue weighted by atomic mass is 127. The van der Waals surface area contributed by atoms with Crippen molar-refractivity contribution in [3.63, 3.8) is 0 Å². The minimum absolute atomic E-state index is 0.210. The molecule has 138 valence electrons. The lowest BCUT2D eigenvalue weighted by Gasteiger charge is -2.06. The molecule has 9 heteroatoms. The van der Waals surface area contributed by atoms with Gasteiger partial charge in [-0.1, -0.05) is 60.7 Å². The van der Waals surface area contributed by atoms with E-state index in [0.717, 1.165) is 9.39 Å². The van der Waals surface area contributed by atoms with Crippen LogP contribution in [0.1, 0.15) is 18.5 Å². The van der Waals surface area contributed by atoms with Crippen LogP contribution in [0.5, 0.6) is 0 Å². The lowest BCUT2D eigenvalue weighted by atomic mass is 10.1. The summed E-state index contributed by atoms with van der Waals surface area (Å²) in [6, 6.07) is 21.1. The third kappa shape index (κ3) is 5.55. The highest BCUT2D eigenvalue weighted by Crippen LogP contribution is 2.25. The number of aromatic nitrogens is 3. The molecule has 1 heterocycles. The monoisotopic (exact) mass is 477 g/mol. The molecule has 0 unspecified atom stereocenters. The lowest BCUT2D eigenvalue weighted by molar-refractivity contribution is -0.722. The van der Waals surface area contributed by atoms with Gasteiger partial charge in [-0.15, -0.1) is 9.36 Å². The number of benzene rings is 2. The SMILES string of the molecule is C[C@H](c1ccccc1)n1n[n+](C)c(-c2ccccc2)c1I.F[B-](F)(F)F. The number of aryl methyl sites for hydroxylation is 1. The molecular formula is C17H17BF4IN3. The third-order valence-electron chi connectivity index (χ3n) is 3.65. The average Bonchev–Trinajstić information content (AvgIpc) is 2.89. The molecule has 3 nitrogen and oxygen atoms in total. The fourth-order valence-corrected chi connectivity index (χ4v) is 3.67. The molecule has 0 bridgehead atoms. The fraction of sp³-hybridized carbons (Fsp3) is 0.176. The molecule has 3 aromatic rings. The second-order valence-corrected chi connectivity index (χ2v) is 6.57. The van der Waals surface area contributed by atoms with Crippen LogP contribution in [-0.2, 0) is 7.05 Å². The standard InChI is InChI=1S/C17H17IN3.BF4/c1-13(14-9-5-3-6-10-14)21-17(18)16(20(2)19-21)15-11-7-4-8-12-15;2-1(3,4)5/h3-13H,1-2H3;/q+1;-1/t13-;/m1./s1. The molecular weight excluding hydrogens is 460 g/mol. The van der Waals surface area contributed by atoms with Crippen LogP contribution in [-0.4, -0.2) is 17.1 Å². The number of hydrogen-bond acceptors (Lipinski definition) is 1. The van der Waals surface area contributed by atoms with Gasteiger partial charge in [0.25, 0.3) is 0 Å². The summed E-state index contributed by atoms with van der Waals surface area (Å²) >= 11 is 2.39. The summed E-state index contributed by atoms with van der Waals surface area (Å²) in [5.41, 5.74) is 3.60. The van der Waals surface area contributed by atoms with Crippen molar-refractivity contribution < 1.29 is 21.9 Å². The number of nitrogens with zero attached hydrogens (tertiary/aromatic N) is 3.